The molecular formula is C28H52N2O4. The Hall–Kier alpha value is -1.14. The minimum atomic E-state index is -0.0380. The molecule has 0 amide bonds. The van der Waals surface area contributed by atoms with E-state index in [0.29, 0.717) is 26.1 Å². The fourth-order valence-electron chi connectivity index (χ4n) is 5.20. The zero-order valence-corrected chi connectivity index (χ0v) is 22.2. The van der Waals surface area contributed by atoms with Gasteiger partial charge in [-0.2, -0.15) is 0 Å². The highest BCUT2D eigenvalue weighted by Gasteiger charge is 2.22. The van der Waals surface area contributed by atoms with Crippen LogP contribution in [-0.2, 0) is 19.1 Å². The van der Waals surface area contributed by atoms with Crippen LogP contribution >= 0.6 is 0 Å². The van der Waals surface area contributed by atoms with Gasteiger partial charge in [0.25, 0.3) is 0 Å². The largest absolute Gasteiger partial charge is 0.466 e. The van der Waals surface area contributed by atoms with Gasteiger partial charge in [-0.15, -0.1) is 0 Å². The summed E-state index contributed by atoms with van der Waals surface area (Å²) >= 11 is 0. The highest BCUT2D eigenvalue weighted by Crippen LogP contribution is 2.27. The summed E-state index contributed by atoms with van der Waals surface area (Å²) in [4.78, 5) is 28.5. The smallest absolute Gasteiger partial charge is 0.307 e. The number of piperidine rings is 2. The molecular weight excluding hydrogens is 428 g/mol. The lowest BCUT2D eigenvalue weighted by molar-refractivity contribution is -0.145. The van der Waals surface area contributed by atoms with Gasteiger partial charge in [-0.3, -0.25) is 9.59 Å². The highest BCUT2D eigenvalue weighted by atomic mass is 16.5. The standard InChI is InChI=1S/C28H52N2O4/c1-3-5-7-24-34-28(32)16-22-30-19-13-26(14-20-30)10-8-9-25-11-17-29(18-12-25)21-15-27(31)33-23-6-4-2/h25-26H,3-24H2,1-2H3. The number of nitrogens with zero attached hydrogens (tertiary/aromatic N) is 2. The maximum absolute atomic E-state index is 11.9. The van der Waals surface area contributed by atoms with E-state index in [-0.39, 0.29) is 11.9 Å². The summed E-state index contributed by atoms with van der Waals surface area (Å²) in [5, 5.41) is 0. The predicted molar refractivity (Wildman–Crippen MR) is 138 cm³/mol. The second kappa shape index (κ2) is 18.2. The average Bonchev–Trinajstić information content (AvgIpc) is 2.86. The summed E-state index contributed by atoms with van der Waals surface area (Å²) in [5.41, 5.74) is 0. The van der Waals surface area contributed by atoms with Crippen LogP contribution in [0.1, 0.15) is 104 Å². The van der Waals surface area contributed by atoms with Gasteiger partial charge in [-0.1, -0.05) is 52.4 Å². The predicted octanol–water partition coefficient (Wildman–Crippen LogP) is 5.44. The molecule has 0 atom stereocenters. The van der Waals surface area contributed by atoms with Crippen LogP contribution in [0.15, 0.2) is 0 Å². The van der Waals surface area contributed by atoms with Crippen molar-refractivity contribution in [1.29, 1.82) is 0 Å². The van der Waals surface area contributed by atoms with Crippen molar-refractivity contribution in [1.82, 2.24) is 9.80 Å². The lowest BCUT2D eigenvalue weighted by Crippen LogP contribution is -2.36. The monoisotopic (exact) mass is 480 g/mol. The molecule has 0 N–H and O–H groups in total. The van der Waals surface area contributed by atoms with Crippen LogP contribution in [0.3, 0.4) is 0 Å². The molecule has 0 spiro atoms. The molecule has 2 fully saturated rings. The molecule has 0 aromatic heterocycles. The number of ether oxygens (including phenoxy) is 2. The van der Waals surface area contributed by atoms with Crippen LogP contribution in [-0.4, -0.2) is 74.2 Å². The van der Waals surface area contributed by atoms with E-state index < -0.39 is 0 Å². The summed E-state index contributed by atoms with van der Waals surface area (Å²) in [5.74, 6) is 1.65. The molecule has 2 saturated heterocycles. The van der Waals surface area contributed by atoms with E-state index in [1.165, 1.54) is 44.9 Å². The molecule has 0 aromatic carbocycles. The number of hydrogen-bond donors (Lipinski definition) is 0. The minimum Gasteiger partial charge on any atom is -0.466 e. The second-order valence-electron chi connectivity index (χ2n) is 10.5. The molecule has 0 aliphatic carbocycles. The Balaban J connectivity index is 1.44. The average molecular weight is 481 g/mol. The summed E-state index contributed by atoms with van der Waals surface area (Å²) in [7, 11) is 0. The summed E-state index contributed by atoms with van der Waals surface area (Å²) in [6.45, 7) is 11.7. The molecule has 34 heavy (non-hydrogen) atoms. The third kappa shape index (κ3) is 13.1. The molecule has 6 nitrogen and oxygen atoms in total. The van der Waals surface area contributed by atoms with Gasteiger partial charge in [0.2, 0.25) is 0 Å². The molecule has 0 bridgehead atoms. The van der Waals surface area contributed by atoms with E-state index in [1.807, 2.05) is 0 Å². The van der Waals surface area contributed by atoms with Crippen molar-refractivity contribution in [3.05, 3.63) is 0 Å². The first-order valence-electron chi connectivity index (χ1n) is 14.4. The number of carbonyl (C=O) groups excluding carboxylic acids is 2. The van der Waals surface area contributed by atoms with Gasteiger partial charge in [-0.25, -0.2) is 0 Å². The first kappa shape index (κ1) is 29.1. The third-order valence-corrected chi connectivity index (χ3v) is 7.68. The Labute approximate surface area is 209 Å². The normalized spacial score (nSPS) is 18.8. The van der Waals surface area contributed by atoms with Crippen molar-refractivity contribution in [3.63, 3.8) is 0 Å². The molecule has 198 valence electrons. The van der Waals surface area contributed by atoms with Crippen LogP contribution in [0.25, 0.3) is 0 Å². The number of esters is 2. The summed E-state index contributed by atoms with van der Waals surface area (Å²) in [6.07, 6.45) is 15.6. The van der Waals surface area contributed by atoms with Crippen molar-refractivity contribution in [2.75, 3.05) is 52.5 Å². The molecule has 0 unspecified atom stereocenters. The van der Waals surface area contributed by atoms with Crippen LogP contribution in [0, 0.1) is 11.8 Å². The van der Waals surface area contributed by atoms with Gasteiger partial charge in [0.15, 0.2) is 0 Å². The van der Waals surface area contributed by atoms with E-state index in [2.05, 4.69) is 23.6 Å². The molecule has 0 radical (unpaired) electrons. The van der Waals surface area contributed by atoms with Crippen molar-refractivity contribution < 1.29 is 19.1 Å². The maximum atomic E-state index is 11.9. The Morgan fingerprint density at radius 2 is 1.09 bits per heavy atom. The van der Waals surface area contributed by atoms with Gasteiger partial charge < -0.3 is 19.3 Å². The Bertz CT molecular complexity index is 541. The molecule has 0 aromatic rings. The van der Waals surface area contributed by atoms with Gasteiger partial charge in [-0.05, 0) is 76.5 Å². The molecule has 6 heteroatoms. The van der Waals surface area contributed by atoms with E-state index in [1.54, 1.807) is 0 Å². The zero-order chi connectivity index (χ0) is 24.4. The quantitative estimate of drug-likeness (QED) is 0.204. The van der Waals surface area contributed by atoms with Gasteiger partial charge in [0.1, 0.15) is 0 Å². The molecule has 2 aliphatic heterocycles. The number of unbranched alkanes of at least 4 members (excludes halogenated alkanes) is 3. The second-order valence-corrected chi connectivity index (χ2v) is 10.5. The van der Waals surface area contributed by atoms with Crippen molar-refractivity contribution in [2.45, 2.75) is 104 Å². The van der Waals surface area contributed by atoms with Gasteiger partial charge >= 0.3 is 11.9 Å². The Morgan fingerprint density at radius 3 is 1.53 bits per heavy atom. The molecule has 0 saturated carbocycles. The maximum Gasteiger partial charge on any atom is 0.307 e. The summed E-state index contributed by atoms with van der Waals surface area (Å²) in [6, 6.07) is 0. The topological polar surface area (TPSA) is 59.1 Å². The lowest BCUT2D eigenvalue weighted by Gasteiger charge is -2.33. The number of hydrogen-bond acceptors (Lipinski definition) is 6. The minimum absolute atomic E-state index is 0.0313. The third-order valence-electron chi connectivity index (χ3n) is 7.68. The van der Waals surface area contributed by atoms with E-state index in [0.717, 1.165) is 83.2 Å². The Morgan fingerprint density at radius 1 is 0.647 bits per heavy atom. The van der Waals surface area contributed by atoms with Crippen LogP contribution < -0.4 is 0 Å². The lowest BCUT2D eigenvalue weighted by atomic mass is 9.87. The fourth-order valence-corrected chi connectivity index (χ4v) is 5.20. The van der Waals surface area contributed by atoms with Crippen LogP contribution in [0.4, 0.5) is 0 Å². The van der Waals surface area contributed by atoms with Gasteiger partial charge in [0, 0.05) is 13.1 Å². The van der Waals surface area contributed by atoms with Gasteiger partial charge in [0.05, 0.1) is 26.1 Å². The van der Waals surface area contributed by atoms with E-state index >= 15 is 0 Å². The number of carbonyl (C=O) groups is 2. The number of likely N-dealkylation sites (tertiary alicyclic amines) is 2. The van der Waals surface area contributed by atoms with Crippen LogP contribution in [0.5, 0.6) is 0 Å². The Kier molecular flexibility index (Phi) is 15.6. The van der Waals surface area contributed by atoms with Crippen molar-refractivity contribution in [3.8, 4) is 0 Å². The summed E-state index contributed by atoms with van der Waals surface area (Å²) < 4.78 is 10.6. The molecule has 2 rings (SSSR count). The highest BCUT2D eigenvalue weighted by molar-refractivity contribution is 5.69. The van der Waals surface area contributed by atoms with E-state index in [9.17, 15) is 9.59 Å². The van der Waals surface area contributed by atoms with Crippen molar-refractivity contribution in [2.24, 2.45) is 11.8 Å². The molecule has 2 aliphatic rings. The zero-order valence-electron chi connectivity index (χ0n) is 22.2. The SMILES string of the molecule is CCCCCOC(=O)CCN1CCC(CCCC2CCN(CCC(=O)OCCCC)CC2)CC1. The molecule has 2 heterocycles. The fraction of sp³-hybridized carbons (Fsp3) is 0.929. The first-order valence-corrected chi connectivity index (χ1v) is 14.4. The van der Waals surface area contributed by atoms with Crippen molar-refractivity contribution >= 4 is 11.9 Å². The van der Waals surface area contributed by atoms with E-state index in [4.69, 9.17) is 9.47 Å². The first-order chi connectivity index (χ1) is 16.6. The van der Waals surface area contributed by atoms with Crippen LogP contribution in [0.2, 0.25) is 0 Å². The number of rotatable bonds is 17.